The van der Waals surface area contributed by atoms with Crippen LogP contribution in [0.15, 0.2) is 45.1 Å². The number of aliphatic carboxylic acids is 1. The van der Waals surface area contributed by atoms with Crippen LogP contribution in [0.2, 0.25) is 0 Å². The first-order chi connectivity index (χ1) is 14.9. The van der Waals surface area contributed by atoms with Gasteiger partial charge in [0.2, 0.25) is 6.79 Å². The largest absolute Gasteiger partial charge is 0.550 e. The number of furan rings is 1. The predicted octanol–water partition coefficient (Wildman–Crippen LogP) is 1.97. The third-order valence-corrected chi connectivity index (χ3v) is 4.77. The Balaban J connectivity index is 1.68. The van der Waals surface area contributed by atoms with E-state index in [1.54, 1.807) is 24.3 Å². The summed E-state index contributed by atoms with van der Waals surface area (Å²) in [5, 5.41) is 15.7. The summed E-state index contributed by atoms with van der Waals surface area (Å²) < 4.78 is 16.3. The molecule has 0 spiro atoms. The van der Waals surface area contributed by atoms with Crippen molar-refractivity contribution in [2.45, 2.75) is 25.7 Å². The number of fused-ring (bicyclic) bond motifs is 1. The van der Waals surface area contributed by atoms with Crippen LogP contribution in [-0.4, -0.2) is 31.1 Å². The summed E-state index contributed by atoms with van der Waals surface area (Å²) in [7, 11) is 0. The second kappa shape index (κ2) is 10.7. The van der Waals surface area contributed by atoms with Crippen molar-refractivity contribution in [1.82, 2.24) is 10.6 Å². The highest BCUT2D eigenvalue weighted by Gasteiger charge is 2.18. The normalized spacial score (nSPS) is 12.5. The molecule has 9 nitrogen and oxygen atoms in total. The van der Waals surface area contributed by atoms with Gasteiger partial charge in [-0.15, -0.1) is 0 Å². The van der Waals surface area contributed by atoms with E-state index >= 15 is 0 Å². The van der Waals surface area contributed by atoms with E-state index in [9.17, 15) is 19.5 Å². The molecule has 2 heterocycles. The molecule has 2 N–H and O–H groups in total. The Kier molecular flexibility index (Phi) is 7.71. The van der Waals surface area contributed by atoms with Crippen molar-refractivity contribution in [3.63, 3.8) is 0 Å². The monoisotopic (exact) mass is 491 g/mol. The van der Waals surface area contributed by atoms with Crippen LogP contribution in [0.25, 0.3) is 6.08 Å². The quantitative estimate of drug-likeness (QED) is 0.383. The fourth-order valence-electron chi connectivity index (χ4n) is 2.82. The van der Waals surface area contributed by atoms with Crippen molar-refractivity contribution in [2.24, 2.45) is 0 Å². The Bertz CT molecular complexity index is 999. The minimum atomic E-state index is -1.09. The van der Waals surface area contributed by atoms with Crippen molar-refractivity contribution in [1.29, 1.82) is 0 Å². The second-order valence-electron chi connectivity index (χ2n) is 6.67. The Labute approximate surface area is 186 Å². The number of unbranched alkanes of at least 4 members (excludes halogenated alkanes) is 2. The Morgan fingerprint density at radius 3 is 2.61 bits per heavy atom. The van der Waals surface area contributed by atoms with Crippen LogP contribution in [-0.2, 0) is 9.59 Å². The molecule has 1 aromatic heterocycles. The molecule has 2 amide bonds. The van der Waals surface area contributed by atoms with Gasteiger partial charge in [-0.1, -0.05) is 12.5 Å². The third kappa shape index (κ3) is 6.61. The summed E-state index contributed by atoms with van der Waals surface area (Å²) in [6.07, 6.45) is 3.20. The summed E-state index contributed by atoms with van der Waals surface area (Å²) in [4.78, 5) is 35.6. The first-order valence-corrected chi connectivity index (χ1v) is 10.4. The Morgan fingerprint density at radius 1 is 1.06 bits per heavy atom. The molecule has 0 fully saturated rings. The number of carboxylic acids is 1. The molecule has 0 atom stereocenters. The van der Waals surface area contributed by atoms with Crippen molar-refractivity contribution in [3.8, 4) is 11.5 Å². The number of carbonyl (C=O) groups excluding carboxylic acids is 3. The van der Waals surface area contributed by atoms with Crippen LogP contribution >= 0.6 is 15.9 Å². The van der Waals surface area contributed by atoms with E-state index in [1.807, 2.05) is 0 Å². The van der Waals surface area contributed by atoms with E-state index in [4.69, 9.17) is 13.9 Å². The van der Waals surface area contributed by atoms with Crippen LogP contribution in [0.1, 0.15) is 41.8 Å². The smallest absolute Gasteiger partial charge is 0.291 e. The lowest BCUT2D eigenvalue weighted by Gasteiger charge is -2.11. The number of rotatable bonds is 10. The number of halogens is 1. The minimum absolute atomic E-state index is 0.0159. The van der Waals surface area contributed by atoms with E-state index in [0.717, 1.165) is 0 Å². The van der Waals surface area contributed by atoms with Gasteiger partial charge in [0.05, 0.1) is 0 Å². The molecule has 10 heteroatoms. The maximum Gasteiger partial charge on any atom is 0.291 e. The fraction of sp³-hybridized carbons (Fsp3) is 0.286. The van der Waals surface area contributed by atoms with Crippen LogP contribution in [0.3, 0.4) is 0 Å². The van der Waals surface area contributed by atoms with Gasteiger partial charge in [0.1, 0.15) is 5.70 Å². The topological polar surface area (TPSA) is 130 Å². The summed E-state index contributed by atoms with van der Waals surface area (Å²) >= 11 is 3.13. The first-order valence-electron chi connectivity index (χ1n) is 9.58. The van der Waals surface area contributed by atoms with Gasteiger partial charge in [-0.2, -0.15) is 0 Å². The van der Waals surface area contributed by atoms with E-state index < -0.39 is 17.8 Å². The number of carboxylic acid groups (broad SMARTS) is 1. The van der Waals surface area contributed by atoms with Gasteiger partial charge in [0.15, 0.2) is 21.9 Å². The molecule has 2 aromatic rings. The zero-order chi connectivity index (χ0) is 22.2. The van der Waals surface area contributed by atoms with E-state index in [2.05, 4.69) is 26.6 Å². The lowest BCUT2D eigenvalue weighted by Crippen LogP contribution is -2.35. The van der Waals surface area contributed by atoms with Crippen LogP contribution < -0.4 is 25.2 Å². The van der Waals surface area contributed by atoms with Crippen LogP contribution in [0.5, 0.6) is 11.5 Å². The number of carbonyl (C=O) groups is 3. The van der Waals surface area contributed by atoms with E-state index in [1.165, 1.54) is 12.1 Å². The summed E-state index contributed by atoms with van der Waals surface area (Å²) in [6.45, 7) is 0.449. The molecule has 0 unspecified atom stereocenters. The van der Waals surface area contributed by atoms with Gasteiger partial charge in [-0.3, -0.25) is 9.59 Å². The van der Waals surface area contributed by atoms with Crippen LogP contribution in [0, 0.1) is 0 Å². The highest BCUT2D eigenvalue weighted by atomic mass is 79.9. The number of amides is 2. The number of benzene rings is 1. The van der Waals surface area contributed by atoms with Crippen molar-refractivity contribution in [2.75, 3.05) is 13.3 Å². The molecule has 1 aliphatic heterocycles. The summed E-state index contributed by atoms with van der Waals surface area (Å²) in [5.74, 6) is -0.978. The number of hydrogen-bond donors (Lipinski definition) is 2. The molecule has 0 bridgehead atoms. The average molecular weight is 492 g/mol. The van der Waals surface area contributed by atoms with Gasteiger partial charge in [-0.25, -0.2) is 0 Å². The first kappa shape index (κ1) is 22.4. The van der Waals surface area contributed by atoms with Gasteiger partial charge >= 0.3 is 0 Å². The molecule has 3 rings (SSSR count). The van der Waals surface area contributed by atoms with Gasteiger partial charge in [0.25, 0.3) is 11.8 Å². The Hall–Kier alpha value is -3.27. The summed E-state index contributed by atoms with van der Waals surface area (Å²) in [6, 6.07) is 8.20. The molecule has 164 valence electrons. The fourth-order valence-corrected chi connectivity index (χ4v) is 3.12. The predicted molar refractivity (Wildman–Crippen MR) is 111 cm³/mol. The minimum Gasteiger partial charge on any atom is -0.550 e. The molecule has 1 aliphatic rings. The summed E-state index contributed by atoms with van der Waals surface area (Å²) in [5.41, 5.74) is 0.649. The molecule has 31 heavy (non-hydrogen) atoms. The number of ether oxygens (including phenoxy) is 2. The van der Waals surface area contributed by atoms with Crippen molar-refractivity contribution < 1.29 is 33.4 Å². The average Bonchev–Trinajstić information content (AvgIpc) is 3.38. The van der Waals surface area contributed by atoms with Crippen LogP contribution in [0.4, 0.5) is 0 Å². The molecule has 0 radical (unpaired) electrons. The third-order valence-electron chi connectivity index (χ3n) is 4.34. The van der Waals surface area contributed by atoms with E-state index in [-0.39, 0.29) is 24.7 Å². The van der Waals surface area contributed by atoms with Gasteiger partial charge in [-0.05, 0) is 71.1 Å². The van der Waals surface area contributed by atoms with Crippen molar-refractivity contribution in [3.05, 3.63) is 52.0 Å². The molecular formula is C21H20BrN2O7-. The molecular weight excluding hydrogens is 472 g/mol. The lowest BCUT2D eigenvalue weighted by molar-refractivity contribution is -0.305. The highest BCUT2D eigenvalue weighted by Crippen LogP contribution is 2.33. The molecule has 0 aliphatic carbocycles. The lowest BCUT2D eigenvalue weighted by atomic mass is 10.1. The standard InChI is InChI=1S/C21H21BrN2O7/c22-18-8-7-16(31-18)21(28)24-14(20(27)23-9-3-1-2-4-19(25)26)10-13-5-6-15-17(11-13)30-12-29-15/h5-8,10-11H,1-4,9,12H2,(H,23,27)(H,24,28)(H,25,26)/p-1/b14-10+. The van der Waals surface area contributed by atoms with Gasteiger partial charge in [0, 0.05) is 12.5 Å². The van der Waals surface area contributed by atoms with Gasteiger partial charge < -0.3 is 34.4 Å². The molecule has 1 aromatic carbocycles. The SMILES string of the molecule is O=C([O-])CCCCCNC(=O)/C(=C\c1ccc2c(c1)OCO2)NC(=O)c1ccc(Br)o1. The molecule has 0 saturated heterocycles. The highest BCUT2D eigenvalue weighted by molar-refractivity contribution is 9.10. The zero-order valence-corrected chi connectivity index (χ0v) is 18.0. The number of nitrogens with one attached hydrogen (secondary N) is 2. The second-order valence-corrected chi connectivity index (χ2v) is 7.45. The Morgan fingerprint density at radius 2 is 1.87 bits per heavy atom. The van der Waals surface area contributed by atoms with E-state index in [0.29, 0.717) is 47.5 Å². The maximum absolute atomic E-state index is 12.7. The zero-order valence-electron chi connectivity index (χ0n) is 16.4. The number of hydrogen-bond acceptors (Lipinski definition) is 7. The maximum atomic E-state index is 12.7. The molecule has 0 saturated carbocycles. The van der Waals surface area contributed by atoms with Crippen molar-refractivity contribution >= 4 is 39.8 Å².